The summed E-state index contributed by atoms with van der Waals surface area (Å²) in [5.41, 5.74) is 0. The third-order valence-electron chi connectivity index (χ3n) is 5.10. The SMILES string of the molecule is COCCNC(=O)CN1CCN(C(=NCCc2cccs2)NCCc2ccco2)CC1.I. The van der Waals surface area contributed by atoms with Gasteiger partial charge in [-0.1, -0.05) is 6.07 Å². The van der Waals surface area contributed by atoms with E-state index in [1.165, 1.54) is 4.88 Å². The smallest absolute Gasteiger partial charge is 0.234 e. The number of ether oxygens (including phenoxy) is 1. The molecule has 32 heavy (non-hydrogen) atoms. The minimum atomic E-state index is 0. The van der Waals surface area contributed by atoms with Crippen molar-refractivity contribution >= 4 is 47.2 Å². The lowest BCUT2D eigenvalue weighted by molar-refractivity contribution is -0.122. The minimum absolute atomic E-state index is 0. The van der Waals surface area contributed by atoms with Crippen LogP contribution in [0.5, 0.6) is 0 Å². The van der Waals surface area contributed by atoms with Crippen LogP contribution in [0.1, 0.15) is 10.6 Å². The van der Waals surface area contributed by atoms with Crippen molar-refractivity contribution in [3.8, 4) is 0 Å². The highest BCUT2D eigenvalue weighted by atomic mass is 127. The van der Waals surface area contributed by atoms with Crippen LogP contribution in [-0.4, -0.2) is 87.7 Å². The molecule has 1 aliphatic rings. The van der Waals surface area contributed by atoms with Gasteiger partial charge in [-0.3, -0.25) is 14.7 Å². The molecule has 1 saturated heterocycles. The first-order valence-corrected chi connectivity index (χ1v) is 11.7. The number of piperazine rings is 1. The van der Waals surface area contributed by atoms with E-state index < -0.39 is 0 Å². The summed E-state index contributed by atoms with van der Waals surface area (Å²) in [5, 5.41) is 8.49. The van der Waals surface area contributed by atoms with Crippen LogP contribution in [-0.2, 0) is 22.4 Å². The van der Waals surface area contributed by atoms with E-state index in [2.05, 4.69) is 37.9 Å². The van der Waals surface area contributed by atoms with E-state index in [9.17, 15) is 4.79 Å². The van der Waals surface area contributed by atoms with Crippen molar-refractivity contribution in [1.29, 1.82) is 0 Å². The molecule has 0 bridgehead atoms. The van der Waals surface area contributed by atoms with Gasteiger partial charge in [0.1, 0.15) is 5.76 Å². The number of methoxy groups -OCH3 is 1. The summed E-state index contributed by atoms with van der Waals surface area (Å²) in [7, 11) is 1.63. The molecular weight excluding hydrogens is 541 g/mol. The highest BCUT2D eigenvalue weighted by molar-refractivity contribution is 14.0. The number of aliphatic imine (C=N–C) groups is 1. The summed E-state index contributed by atoms with van der Waals surface area (Å²) in [5.74, 6) is 1.95. The standard InChI is InChI=1S/C22H33N5O3S.HI/c1-29-16-10-23-21(28)18-26-11-13-27(14-12-26)22(24-8-6-19-4-2-15-30-19)25-9-7-20-5-3-17-31-20;/h2-5,15,17H,6-14,16,18H2,1H3,(H,23,28)(H,24,25);1H. The third kappa shape index (κ3) is 9.47. The quantitative estimate of drug-likeness (QED) is 0.185. The molecule has 0 unspecified atom stereocenters. The number of guanidine groups is 1. The third-order valence-corrected chi connectivity index (χ3v) is 6.04. The van der Waals surface area contributed by atoms with Gasteiger partial charge in [-0.25, -0.2) is 0 Å². The van der Waals surface area contributed by atoms with Crippen molar-refractivity contribution < 1.29 is 13.9 Å². The Hall–Kier alpha value is -1.63. The number of hydrogen-bond donors (Lipinski definition) is 2. The van der Waals surface area contributed by atoms with Gasteiger partial charge in [-0.05, 0) is 23.6 Å². The predicted octanol–water partition coefficient (Wildman–Crippen LogP) is 2.07. The second kappa shape index (κ2) is 15.3. The Bertz CT molecular complexity index is 778. The van der Waals surface area contributed by atoms with Gasteiger partial charge in [-0.15, -0.1) is 35.3 Å². The van der Waals surface area contributed by atoms with Crippen molar-refractivity contribution in [1.82, 2.24) is 20.4 Å². The molecule has 1 fully saturated rings. The second-order valence-electron chi connectivity index (χ2n) is 7.40. The zero-order valence-electron chi connectivity index (χ0n) is 18.6. The largest absolute Gasteiger partial charge is 0.469 e. The molecule has 0 atom stereocenters. The fraction of sp³-hybridized carbons (Fsp3) is 0.545. The number of nitrogens with one attached hydrogen (secondary N) is 2. The van der Waals surface area contributed by atoms with E-state index in [4.69, 9.17) is 14.1 Å². The fourth-order valence-electron chi connectivity index (χ4n) is 3.42. The summed E-state index contributed by atoms with van der Waals surface area (Å²) in [6.45, 7) is 6.40. The fourth-order valence-corrected chi connectivity index (χ4v) is 4.11. The van der Waals surface area contributed by atoms with Crippen LogP contribution in [0.4, 0.5) is 0 Å². The molecule has 10 heteroatoms. The lowest BCUT2D eigenvalue weighted by Gasteiger charge is -2.36. The maximum Gasteiger partial charge on any atom is 0.234 e. The molecule has 8 nitrogen and oxygen atoms in total. The van der Waals surface area contributed by atoms with E-state index in [0.717, 1.165) is 63.8 Å². The summed E-state index contributed by atoms with van der Waals surface area (Å²) in [6.07, 6.45) is 3.47. The number of carbonyl (C=O) groups excluding carboxylic acids is 1. The minimum Gasteiger partial charge on any atom is -0.469 e. The molecule has 3 rings (SSSR count). The zero-order valence-corrected chi connectivity index (χ0v) is 21.8. The van der Waals surface area contributed by atoms with Gasteiger partial charge in [0.05, 0.1) is 19.4 Å². The molecule has 3 heterocycles. The Balaban J connectivity index is 0.00000363. The molecule has 0 aliphatic carbocycles. The molecule has 2 aromatic heterocycles. The summed E-state index contributed by atoms with van der Waals surface area (Å²) >= 11 is 1.77. The lowest BCUT2D eigenvalue weighted by atomic mass is 10.3. The van der Waals surface area contributed by atoms with Crippen molar-refractivity contribution in [3.05, 3.63) is 46.5 Å². The monoisotopic (exact) mass is 575 g/mol. The van der Waals surface area contributed by atoms with E-state index in [1.807, 2.05) is 12.1 Å². The Morgan fingerprint density at radius 1 is 1.16 bits per heavy atom. The molecule has 0 aromatic carbocycles. The summed E-state index contributed by atoms with van der Waals surface area (Å²) in [4.78, 5) is 22.7. The average molecular weight is 576 g/mol. The second-order valence-corrected chi connectivity index (χ2v) is 8.43. The van der Waals surface area contributed by atoms with Crippen LogP contribution in [0, 0.1) is 0 Å². The highest BCUT2D eigenvalue weighted by Crippen LogP contribution is 2.09. The van der Waals surface area contributed by atoms with Crippen LogP contribution in [0.2, 0.25) is 0 Å². The molecule has 1 aliphatic heterocycles. The Morgan fingerprint density at radius 3 is 2.69 bits per heavy atom. The van der Waals surface area contributed by atoms with E-state index in [-0.39, 0.29) is 29.9 Å². The van der Waals surface area contributed by atoms with Gasteiger partial charge in [-0.2, -0.15) is 0 Å². The number of nitrogens with zero attached hydrogens (tertiary/aromatic N) is 3. The number of thiophene rings is 1. The normalized spacial score (nSPS) is 14.8. The number of halogens is 1. The molecule has 0 radical (unpaired) electrons. The zero-order chi connectivity index (χ0) is 21.7. The topological polar surface area (TPSA) is 82.3 Å². The summed E-state index contributed by atoms with van der Waals surface area (Å²) < 4.78 is 10.4. The Labute approximate surface area is 211 Å². The number of amides is 1. The first kappa shape index (κ1) is 26.6. The van der Waals surface area contributed by atoms with Gasteiger partial charge >= 0.3 is 0 Å². The molecule has 2 aromatic rings. The van der Waals surface area contributed by atoms with Gasteiger partial charge in [0.25, 0.3) is 0 Å². The predicted molar refractivity (Wildman–Crippen MR) is 139 cm³/mol. The number of rotatable bonds is 11. The van der Waals surface area contributed by atoms with Crippen molar-refractivity contribution in [2.45, 2.75) is 12.8 Å². The van der Waals surface area contributed by atoms with Gasteiger partial charge in [0, 0.05) is 70.6 Å². The van der Waals surface area contributed by atoms with E-state index in [1.54, 1.807) is 24.7 Å². The molecule has 0 saturated carbocycles. The molecule has 178 valence electrons. The van der Waals surface area contributed by atoms with E-state index >= 15 is 0 Å². The average Bonchev–Trinajstić information content (AvgIpc) is 3.48. The first-order valence-electron chi connectivity index (χ1n) is 10.8. The van der Waals surface area contributed by atoms with Gasteiger partial charge in [0.15, 0.2) is 5.96 Å². The molecule has 0 spiro atoms. The maximum absolute atomic E-state index is 12.0. The van der Waals surface area contributed by atoms with Crippen molar-refractivity contribution in [2.24, 2.45) is 4.99 Å². The van der Waals surface area contributed by atoms with Crippen LogP contribution >= 0.6 is 35.3 Å². The molecule has 1 amide bonds. The maximum atomic E-state index is 12.0. The van der Waals surface area contributed by atoms with Crippen LogP contribution in [0.3, 0.4) is 0 Å². The van der Waals surface area contributed by atoms with Crippen LogP contribution < -0.4 is 10.6 Å². The van der Waals surface area contributed by atoms with E-state index in [0.29, 0.717) is 19.7 Å². The Kier molecular flexibility index (Phi) is 12.7. The Morgan fingerprint density at radius 2 is 2.00 bits per heavy atom. The highest BCUT2D eigenvalue weighted by Gasteiger charge is 2.21. The van der Waals surface area contributed by atoms with Crippen molar-refractivity contribution in [2.75, 3.05) is 66.1 Å². The summed E-state index contributed by atoms with van der Waals surface area (Å²) in [6, 6.07) is 8.14. The molecule has 2 N–H and O–H groups in total. The number of hydrogen-bond acceptors (Lipinski definition) is 6. The first-order chi connectivity index (χ1) is 15.2. The van der Waals surface area contributed by atoms with Crippen LogP contribution in [0.15, 0.2) is 45.3 Å². The molecular formula is C22H34IN5O3S. The van der Waals surface area contributed by atoms with Crippen molar-refractivity contribution in [3.63, 3.8) is 0 Å². The van der Waals surface area contributed by atoms with Gasteiger partial charge < -0.3 is 24.7 Å². The number of carbonyl (C=O) groups is 1. The number of furan rings is 1. The lowest BCUT2D eigenvalue weighted by Crippen LogP contribution is -2.54. The van der Waals surface area contributed by atoms with Gasteiger partial charge in [0.2, 0.25) is 5.91 Å². The van der Waals surface area contributed by atoms with Crippen LogP contribution in [0.25, 0.3) is 0 Å².